The van der Waals surface area contributed by atoms with Crippen molar-refractivity contribution in [3.8, 4) is 51.4 Å². The minimum Gasteiger partial charge on any atom is -1.00 e. The van der Waals surface area contributed by atoms with Gasteiger partial charge in [-0.3, -0.25) is 32.2 Å². The largest absolute Gasteiger partial charge is 2.00 e. The molecule has 0 aliphatic carbocycles. The standard InChI is InChI=1S/C15H18BrFN4O.C15H19FN4O.C14H15FN4O.C13H12F4N4O3S.C13H15FN4O.C12H13FN4O.C4H7O.3C4H9.CH3.BHNS.BrH.Mg.Sn.6H2/c1-7-19-20-13-14(2,3)18-11-8(15(4,5)22)6-9(16)10(17)12(11)21(7)13;1-8-18-19-13-14(2,3)17-11-9(15(4,5)21)6-7-10(16)12(11)20(8)13;1-7(20)9-5-6-10(15)12-11(9)16-14(3,4)13-18-17-8(2)19(12)13;1-6-19-20-11-12(2,3)18-9-8(24-25(22,23)13(15,16)17)5-4-7(14)10(9)21(6)11;1-7-16-17-12-13(2,3)15-10-9(19-4)6-5-8(14)11(10)18(7)12;1-6-15-16-11-12(2,3)14-9-8(18)5-4-7(13)10(9)17(6)11;1-3-5-4-2;3*1-3-4-2;;1-2-3;;;;;;;;;/h6,18,22H,1-5H3;6-7,17,21H,1-5H3;5-6,16H,1-4H3;4-5,18H,1-3H3;5-6,15H,1-4H3;4-5,14,18H,1-3H3;1,4H2,2H3;3*1,3-4H2,2H3;1H3;3H;1H;;;6*1H/q;;;;;;;;;;-1;;;+2;;;;;;;/p-1. The molecule has 18 rings (SSSR count). The van der Waals surface area contributed by atoms with E-state index in [0.717, 1.165) is 18.7 Å². The Morgan fingerprint density at radius 1 is 0.483 bits per heavy atom. The summed E-state index contributed by atoms with van der Waals surface area (Å²) in [5.41, 5.74) is -5.74. The monoisotopic (exact) mass is 2370 g/mol. The summed E-state index contributed by atoms with van der Waals surface area (Å²) < 4.78 is 180. The minimum atomic E-state index is -5.91. The fourth-order valence-electron chi connectivity index (χ4n) is 18.2. The van der Waals surface area contributed by atoms with E-state index in [9.17, 15) is 68.0 Å². The van der Waals surface area contributed by atoms with Crippen LogP contribution in [0.2, 0.25) is 13.3 Å². The van der Waals surface area contributed by atoms with Crippen molar-refractivity contribution >= 4 is 128 Å². The molecule has 34 nitrogen and oxygen atoms in total. The number of carbonyl (C=O) groups excluding carboxylic acids is 1. The number of aliphatic hydroxyl groups is 2. The van der Waals surface area contributed by atoms with Crippen LogP contribution in [0, 0.1) is 83.9 Å². The molecule has 0 atom stereocenters. The van der Waals surface area contributed by atoms with Crippen molar-refractivity contribution < 1.29 is 107 Å². The molecule has 6 aliphatic heterocycles. The molecule has 0 unspecified atom stereocenters. The first kappa shape index (κ1) is 124. The number of hydrogen-bond donors (Lipinski definition) is 10. The van der Waals surface area contributed by atoms with Gasteiger partial charge in [-0.15, -0.1) is 61.2 Å². The van der Waals surface area contributed by atoms with E-state index in [2.05, 4.69) is 172 Å². The molecule has 6 aromatic carbocycles. The van der Waals surface area contributed by atoms with Gasteiger partial charge in [0, 0.05) is 25.3 Å². The zero-order chi connectivity index (χ0) is 109. The van der Waals surface area contributed by atoms with E-state index in [0.29, 0.717) is 142 Å². The molecule has 0 saturated carbocycles. The van der Waals surface area contributed by atoms with Crippen molar-refractivity contribution in [2.24, 2.45) is 4.30 Å². The molecule has 0 fully saturated rings. The topological polar surface area (TPSA) is 408 Å². The predicted molar refractivity (Wildman–Crippen MR) is 576 cm³/mol. The van der Waals surface area contributed by atoms with Gasteiger partial charge < -0.3 is 80.5 Å². The number of hydrogen-bond acceptors (Lipinski definition) is 29. The van der Waals surface area contributed by atoms with Crippen molar-refractivity contribution in [2.75, 3.05) is 45.6 Å². The van der Waals surface area contributed by atoms with E-state index in [-0.39, 0.29) is 102 Å². The smallest absolute Gasteiger partial charge is 1.00 e. The van der Waals surface area contributed by atoms with Crippen molar-refractivity contribution in [1.29, 1.82) is 0 Å². The van der Waals surface area contributed by atoms with Crippen LogP contribution in [0.4, 0.5) is 73.6 Å². The number of halogens is 11. The summed E-state index contributed by atoms with van der Waals surface area (Å²) >= 11 is 4.19. The first-order chi connectivity index (χ1) is 67.8. The number of benzene rings is 6. The first-order valence-corrected chi connectivity index (χ1v) is 57.4. The number of methoxy groups -OCH3 is 1. The molecule has 9 N–H and O–H groups in total. The molecule has 0 spiro atoms. The molecule has 0 amide bonds. The second kappa shape index (κ2) is 47.0. The second-order valence-corrected chi connectivity index (χ2v) is 56.1. The average Bonchev–Trinajstić information content (AvgIpc) is 1.64. The Bertz CT molecular complexity index is 7090. The van der Waals surface area contributed by atoms with Crippen LogP contribution < -0.4 is 57.8 Å². The number of Topliss-reactive ketones (excluding diaryl/α,β-unsaturated/α-hetero) is 1. The number of fused-ring (bicyclic) bond motifs is 18. The zero-order valence-electron chi connectivity index (χ0n) is 89.2. The Hall–Kier alpha value is -10.5. The van der Waals surface area contributed by atoms with Crippen LogP contribution in [-0.4, -0.2) is 186 Å². The molecule has 12 heterocycles. The molecule has 0 bridgehead atoms. The number of ketones is 1. The quantitative estimate of drug-likeness (QED) is 0.00439. The molecule has 6 aliphatic rings. The third-order valence-corrected chi connectivity index (χ3v) is 41.9. The Morgan fingerprint density at radius 3 is 1.08 bits per heavy atom. The third-order valence-electron chi connectivity index (χ3n) is 25.3. The van der Waals surface area contributed by atoms with Crippen molar-refractivity contribution in [1.82, 2.24) is 88.6 Å². The number of nitrogens with one attached hydrogen (secondary N) is 6. The van der Waals surface area contributed by atoms with Crippen molar-refractivity contribution in [3.05, 3.63) is 210 Å². The second-order valence-electron chi connectivity index (χ2n) is 40.3. The number of aryl methyl sites for hydroxylation is 6. The van der Waals surface area contributed by atoms with Gasteiger partial charge in [-0.05, 0) is 236 Å². The average molecular weight is 2380 g/mol. The van der Waals surface area contributed by atoms with E-state index >= 15 is 0 Å². The summed E-state index contributed by atoms with van der Waals surface area (Å²) in [4.78, 5) is 11.8. The summed E-state index contributed by atoms with van der Waals surface area (Å²) in [7, 11) is -0.00884. The van der Waals surface area contributed by atoms with Crippen molar-refractivity contribution in [3.63, 3.8) is 0 Å². The molecule has 6 aromatic heterocycles. The number of anilines is 6. The number of unbranched alkanes of at least 4 members (excludes halogenated alkanes) is 3. The summed E-state index contributed by atoms with van der Waals surface area (Å²) in [6.45, 7) is 55.4. The molecular formula is C99H142BBr2F9MgN25O9S2Sn. The van der Waals surface area contributed by atoms with Crippen LogP contribution in [0.5, 0.6) is 17.2 Å². The van der Waals surface area contributed by atoms with E-state index in [1.54, 1.807) is 124 Å². The SMILES string of the molecule is C=[C](OCC)[Sn]([CH2]CCC)([CH2]CCC)[CH2]CCC.CC(=O)c1ccc(F)c2c1NC(C)(C)c1nnc(C)n1-2.COc1ccc(F)c2c1NC(C)(C)c1nnc(C)n1-2.Cc1nnc2n1-c1c(F)c(Br)cc(C(C)(C)O)c1NC2(C)C.Cc1nnc2n1-c1c(F)ccc(C(C)(C)O)c1NC2(C)C.Cc1nnc2n1-c1c(F)ccc(O)c1NC2(C)C.Cc1nnc2n1-c1c(F)ccc(OS(=O)(=O)C(F)(F)F)c1NC2(C)C.[B]=NS.[Br-].[CH3-].[HH].[HH].[HH].[HH].[HH].[HH].[Mg+2]. The van der Waals surface area contributed by atoms with Crippen LogP contribution in [-0.2, 0) is 59.3 Å². The molecule has 149 heavy (non-hydrogen) atoms. The molecule has 815 valence electrons. The minimum absolute atomic E-state index is 0. The van der Waals surface area contributed by atoms with Gasteiger partial charge in [-0.2, -0.15) is 21.6 Å². The van der Waals surface area contributed by atoms with E-state index in [4.69, 9.17) is 9.47 Å². The van der Waals surface area contributed by atoms with E-state index in [1.807, 2.05) is 69.2 Å². The number of nitrogens with zero attached hydrogens (tertiary/aromatic N) is 19. The molecular weight excluding hydrogens is 2230 g/mol. The summed E-state index contributed by atoms with van der Waals surface area (Å²) in [6.07, 6.45) is 8.10. The van der Waals surface area contributed by atoms with E-state index < -0.39 is 107 Å². The maximum atomic E-state index is 14.8. The van der Waals surface area contributed by atoms with Crippen LogP contribution in [0.25, 0.3) is 34.1 Å². The number of alkyl halides is 3. The van der Waals surface area contributed by atoms with Crippen LogP contribution in [0.15, 0.2) is 85.9 Å². The predicted octanol–water partition coefficient (Wildman–Crippen LogP) is 20.3. The van der Waals surface area contributed by atoms with Gasteiger partial charge in [0.2, 0.25) is 0 Å². The Balaban J connectivity index is 0.000000603. The van der Waals surface area contributed by atoms with Crippen molar-refractivity contribution in [2.45, 2.75) is 289 Å². The normalized spacial score (nSPS) is 14.7. The van der Waals surface area contributed by atoms with Crippen LogP contribution >= 0.6 is 28.7 Å². The number of aromatic nitrogens is 18. The molecule has 0 saturated heterocycles. The number of aromatic hydroxyl groups is 1. The fourth-order valence-corrected chi connectivity index (χ4v) is 33.7. The Labute approximate surface area is 917 Å². The Morgan fingerprint density at radius 2 is 0.758 bits per heavy atom. The van der Waals surface area contributed by atoms with Gasteiger partial charge in [0.25, 0.3) is 0 Å². The van der Waals surface area contributed by atoms with Gasteiger partial charge in [-0.1, -0.05) is 6.07 Å². The zero-order valence-corrected chi connectivity index (χ0v) is 98.4. The van der Waals surface area contributed by atoms with Gasteiger partial charge in [0.05, 0.1) is 73.1 Å². The molecule has 1 radical (unpaired) electrons. The Kier molecular flexibility index (Phi) is 39.0. The third kappa shape index (κ3) is 24.9. The van der Waals surface area contributed by atoms with Gasteiger partial charge in [0.15, 0.2) is 52.3 Å². The molecule has 50 heteroatoms. The first-order valence-electron chi connectivity index (χ1n) is 47.3. The van der Waals surface area contributed by atoms with Crippen LogP contribution in [0.1, 0.15) is 284 Å². The fraction of sp³-hybridized carbons (Fsp3) is 0.475. The maximum Gasteiger partial charge on any atom is 2.00 e. The number of phenolic OH excluding ortho intramolecular Hbond substituents is 1. The summed E-state index contributed by atoms with van der Waals surface area (Å²) in [5.74, 6) is 3.94. The van der Waals surface area contributed by atoms with Crippen LogP contribution in [0.3, 0.4) is 0 Å². The summed E-state index contributed by atoms with van der Waals surface area (Å²) in [6, 6.07) is 14.6. The summed E-state index contributed by atoms with van der Waals surface area (Å²) in [5, 5.41) is 98.4. The maximum absolute atomic E-state index is 14.8. The number of rotatable bonds is 18. The number of carbonyl (C=O) groups is 1. The van der Waals surface area contributed by atoms with Gasteiger partial charge in [0.1, 0.15) is 127 Å². The van der Waals surface area contributed by atoms with Gasteiger partial charge >= 0.3 is 183 Å². The number of ether oxygens (including phenoxy) is 2. The van der Waals surface area contributed by atoms with E-state index in [1.165, 1.54) is 110 Å². The molecule has 12 aromatic rings. The number of phenols is 1. The number of thiol groups is 1. The van der Waals surface area contributed by atoms with Gasteiger partial charge in [-0.25, -0.2) is 26.3 Å².